The molecule has 0 aliphatic heterocycles. The molecule has 0 fully saturated rings. The van der Waals surface area contributed by atoms with Gasteiger partial charge < -0.3 is 11.5 Å². The van der Waals surface area contributed by atoms with Crippen LogP contribution in [-0.4, -0.2) is 22.3 Å². The molecule has 11 heteroatoms. The molecule has 0 rings (SSSR count). The summed E-state index contributed by atoms with van der Waals surface area (Å²) in [5.74, 6) is -0.429. The van der Waals surface area contributed by atoms with E-state index in [2.05, 4.69) is 13.8 Å². The van der Waals surface area contributed by atoms with Crippen LogP contribution in [0, 0.1) is 0 Å². The SMILES string of the molecule is CCCCCCCCC(SSSSSSSC(CCCCCCCC)C(N)=O)C(N)=O. The van der Waals surface area contributed by atoms with Crippen molar-refractivity contribution >= 4 is 82.5 Å². The second-order valence-electron chi connectivity index (χ2n) is 7.43. The summed E-state index contributed by atoms with van der Waals surface area (Å²) in [6.07, 6.45) is 16.4. The van der Waals surface area contributed by atoms with Crippen molar-refractivity contribution < 1.29 is 9.59 Å². The summed E-state index contributed by atoms with van der Waals surface area (Å²) in [4.78, 5) is 23.3. The summed E-state index contributed by atoms with van der Waals surface area (Å²) in [5.41, 5.74) is 11.1. The Kier molecular flexibility index (Phi) is 25.6. The van der Waals surface area contributed by atoms with Crippen LogP contribution < -0.4 is 11.5 Å². The third-order valence-corrected chi connectivity index (χ3v) is 18.4. The van der Waals surface area contributed by atoms with Crippen LogP contribution in [0.4, 0.5) is 0 Å². The maximum atomic E-state index is 11.6. The highest BCUT2D eigenvalue weighted by molar-refractivity contribution is 9.46. The van der Waals surface area contributed by atoms with Crippen LogP contribution in [0.15, 0.2) is 0 Å². The van der Waals surface area contributed by atoms with Crippen LogP contribution in [0.1, 0.15) is 104 Å². The van der Waals surface area contributed by atoms with Gasteiger partial charge in [0.15, 0.2) is 0 Å². The van der Waals surface area contributed by atoms with Crippen molar-refractivity contribution in [3.05, 3.63) is 0 Å². The van der Waals surface area contributed by atoms with Crippen molar-refractivity contribution in [2.45, 2.75) is 114 Å². The average Bonchev–Trinajstić information content (AvgIpc) is 2.74. The lowest BCUT2D eigenvalue weighted by Crippen LogP contribution is -2.24. The second-order valence-corrected chi connectivity index (χ2v) is 19.0. The van der Waals surface area contributed by atoms with E-state index in [0.717, 1.165) is 25.7 Å². The number of hydrogen-bond acceptors (Lipinski definition) is 9. The molecule has 0 aliphatic carbocycles. The van der Waals surface area contributed by atoms with Crippen molar-refractivity contribution in [1.82, 2.24) is 0 Å². The van der Waals surface area contributed by atoms with Crippen molar-refractivity contribution in [2.24, 2.45) is 11.5 Å². The van der Waals surface area contributed by atoms with Gasteiger partial charge in [-0.25, -0.2) is 0 Å². The molecule has 184 valence electrons. The fourth-order valence-corrected chi connectivity index (χ4v) is 18.0. The molecule has 0 saturated heterocycles. The van der Waals surface area contributed by atoms with Gasteiger partial charge in [0.05, 0.1) is 10.5 Å². The molecular weight excluding hydrogens is 525 g/mol. The van der Waals surface area contributed by atoms with Crippen molar-refractivity contribution in [2.75, 3.05) is 0 Å². The summed E-state index contributed by atoms with van der Waals surface area (Å²) in [5, 5.41) is -0.235. The maximum absolute atomic E-state index is 11.6. The van der Waals surface area contributed by atoms with Crippen molar-refractivity contribution in [3.8, 4) is 0 Å². The van der Waals surface area contributed by atoms with E-state index in [9.17, 15) is 9.59 Å². The third-order valence-electron chi connectivity index (χ3n) is 4.70. The second kappa shape index (κ2) is 24.5. The first-order valence-electron chi connectivity index (χ1n) is 11.3. The Morgan fingerprint density at radius 2 is 0.871 bits per heavy atom. The lowest BCUT2D eigenvalue weighted by molar-refractivity contribution is -0.118. The minimum Gasteiger partial charge on any atom is -0.369 e. The highest BCUT2D eigenvalue weighted by atomic mass is 33.9. The van der Waals surface area contributed by atoms with Crippen molar-refractivity contribution in [3.63, 3.8) is 0 Å². The Morgan fingerprint density at radius 3 is 1.23 bits per heavy atom. The van der Waals surface area contributed by atoms with E-state index in [1.54, 1.807) is 70.7 Å². The number of nitrogens with two attached hydrogens (primary N) is 2. The largest absolute Gasteiger partial charge is 0.369 e. The Labute approximate surface area is 216 Å². The summed E-state index contributed by atoms with van der Waals surface area (Å²) >= 11 is 0. The molecule has 0 aromatic heterocycles. The van der Waals surface area contributed by atoms with Crippen LogP contribution in [0.5, 0.6) is 0 Å². The molecule has 31 heavy (non-hydrogen) atoms. The molecule has 2 atom stereocenters. The molecule has 2 amide bonds. The minimum absolute atomic E-state index is 0.118. The van der Waals surface area contributed by atoms with Gasteiger partial charge in [-0.15, -0.1) is 0 Å². The number of unbranched alkanes of at least 4 members (excludes halogenated alkanes) is 10. The van der Waals surface area contributed by atoms with Gasteiger partial charge in [-0.05, 0) is 62.0 Å². The van der Waals surface area contributed by atoms with Gasteiger partial charge in [0, 0.05) is 0 Å². The van der Waals surface area contributed by atoms with Crippen LogP contribution in [0.3, 0.4) is 0 Å². The molecule has 0 aromatic rings. The van der Waals surface area contributed by atoms with Gasteiger partial charge in [-0.2, -0.15) is 0 Å². The first kappa shape index (κ1) is 32.4. The molecule has 4 nitrogen and oxygen atoms in total. The molecular formula is C20H40N2O2S7. The van der Waals surface area contributed by atoms with E-state index in [-0.39, 0.29) is 22.3 Å². The minimum atomic E-state index is -0.215. The van der Waals surface area contributed by atoms with E-state index >= 15 is 0 Å². The Balaban J connectivity index is 3.77. The number of amides is 2. The first-order chi connectivity index (χ1) is 15.0. The molecule has 0 heterocycles. The number of primary amides is 2. The van der Waals surface area contributed by atoms with Gasteiger partial charge in [0.25, 0.3) is 0 Å². The van der Waals surface area contributed by atoms with E-state index in [4.69, 9.17) is 11.5 Å². The fourth-order valence-electron chi connectivity index (χ4n) is 2.86. The molecule has 0 aromatic carbocycles. The van der Waals surface area contributed by atoms with Gasteiger partial charge in [0.1, 0.15) is 0 Å². The third kappa shape index (κ3) is 21.6. The predicted molar refractivity (Wildman–Crippen MR) is 155 cm³/mol. The smallest absolute Gasteiger partial charge is 0.231 e. The maximum Gasteiger partial charge on any atom is 0.231 e. The van der Waals surface area contributed by atoms with Gasteiger partial charge >= 0.3 is 0 Å². The zero-order chi connectivity index (χ0) is 23.2. The summed E-state index contributed by atoms with van der Waals surface area (Å²) in [6.45, 7) is 4.43. The molecule has 0 aliphatic rings. The molecule has 2 unspecified atom stereocenters. The average molecular weight is 565 g/mol. The lowest BCUT2D eigenvalue weighted by atomic mass is 10.1. The number of carbonyl (C=O) groups excluding carboxylic acids is 2. The molecule has 0 bridgehead atoms. The van der Waals surface area contributed by atoms with E-state index in [0.29, 0.717) is 0 Å². The van der Waals surface area contributed by atoms with Crippen molar-refractivity contribution in [1.29, 1.82) is 0 Å². The van der Waals surface area contributed by atoms with E-state index in [1.165, 1.54) is 64.2 Å². The molecule has 0 spiro atoms. The van der Waals surface area contributed by atoms with Crippen LogP contribution in [0.2, 0.25) is 0 Å². The monoisotopic (exact) mass is 564 g/mol. The standard InChI is InChI=1S/C20H40N2O2S7/c1-3-5-7-9-11-13-15-17(19(21)23)25-27-29-31-30-28-26-18(20(22)24)16-14-12-10-8-6-4-2/h17-18H,3-16H2,1-2H3,(H2,21,23)(H2,22,24). The van der Waals surface area contributed by atoms with E-state index in [1.807, 2.05) is 0 Å². The fraction of sp³-hybridized carbons (Fsp3) is 0.900. The van der Waals surface area contributed by atoms with Crippen LogP contribution in [-0.2, 0) is 9.59 Å². The summed E-state index contributed by atoms with van der Waals surface area (Å²) < 4.78 is 0. The molecule has 0 radical (unpaired) electrons. The Hall–Kier alpha value is 1.39. The van der Waals surface area contributed by atoms with E-state index < -0.39 is 0 Å². The highest BCUT2D eigenvalue weighted by Gasteiger charge is 2.18. The zero-order valence-electron chi connectivity index (χ0n) is 18.9. The highest BCUT2D eigenvalue weighted by Crippen LogP contribution is 2.56. The number of carbonyl (C=O) groups is 2. The number of rotatable bonds is 24. The number of hydrogen-bond donors (Lipinski definition) is 2. The van der Waals surface area contributed by atoms with Crippen LogP contribution >= 0.6 is 70.7 Å². The van der Waals surface area contributed by atoms with Gasteiger partial charge in [-0.3, -0.25) is 9.59 Å². The predicted octanol–water partition coefficient (Wildman–Crippen LogP) is 8.82. The molecule has 4 N–H and O–H groups in total. The quantitative estimate of drug-likeness (QED) is 0.0881. The van der Waals surface area contributed by atoms with Gasteiger partial charge in [-0.1, -0.05) is 112 Å². The summed E-state index contributed by atoms with van der Waals surface area (Å²) in [6, 6.07) is 0. The van der Waals surface area contributed by atoms with Gasteiger partial charge in [0.2, 0.25) is 11.8 Å². The Bertz CT molecular complexity index is 410. The molecule has 0 saturated carbocycles. The Morgan fingerprint density at radius 1 is 0.548 bits per heavy atom. The van der Waals surface area contributed by atoms with Crippen LogP contribution in [0.25, 0.3) is 0 Å². The topological polar surface area (TPSA) is 86.2 Å². The lowest BCUT2D eigenvalue weighted by Gasteiger charge is -2.12. The first-order valence-corrected chi connectivity index (χ1v) is 20.2. The normalized spacial score (nSPS) is 13.2. The zero-order valence-corrected chi connectivity index (χ0v) is 24.6. The summed E-state index contributed by atoms with van der Waals surface area (Å²) in [7, 11) is 11.3.